The van der Waals surface area contributed by atoms with Crippen molar-refractivity contribution < 1.29 is 14.3 Å². The lowest BCUT2D eigenvalue weighted by Crippen LogP contribution is -2.43. The van der Waals surface area contributed by atoms with Gasteiger partial charge in [0.1, 0.15) is 19.0 Å². The molecule has 1 amide bonds. The standard InChI is InChI=1S/C20H23ClN6O4/c1-13(2)10-15(19(29)31-11-14-6-4-3-5-7-14)23-18(28)16-17-24-25-27(9-8-21)20(30)26(17)12-22-16/h3-7,12-13,15H,8-11H2,1-2H3,(H,23,28)/t15-/m0/s1. The Bertz CT molecular complexity index is 1110. The van der Waals surface area contributed by atoms with E-state index in [4.69, 9.17) is 16.3 Å². The molecule has 3 aromatic rings. The summed E-state index contributed by atoms with van der Waals surface area (Å²) in [5, 5.41) is 10.3. The number of benzene rings is 1. The summed E-state index contributed by atoms with van der Waals surface area (Å²) < 4.78 is 7.57. The van der Waals surface area contributed by atoms with E-state index in [1.54, 1.807) is 0 Å². The van der Waals surface area contributed by atoms with Crippen LogP contribution in [0.4, 0.5) is 0 Å². The fourth-order valence-electron chi connectivity index (χ4n) is 2.96. The van der Waals surface area contributed by atoms with Crippen molar-refractivity contribution in [2.75, 3.05) is 5.88 Å². The van der Waals surface area contributed by atoms with Gasteiger partial charge in [-0.2, -0.15) is 4.68 Å². The number of aromatic nitrogens is 5. The summed E-state index contributed by atoms with van der Waals surface area (Å²) in [6.07, 6.45) is 1.57. The minimum atomic E-state index is -0.877. The van der Waals surface area contributed by atoms with E-state index in [1.165, 1.54) is 6.33 Å². The van der Waals surface area contributed by atoms with Gasteiger partial charge in [0, 0.05) is 5.88 Å². The van der Waals surface area contributed by atoms with Crippen molar-refractivity contribution in [2.24, 2.45) is 5.92 Å². The van der Waals surface area contributed by atoms with Gasteiger partial charge in [0.05, 0.1) is 6.54 Å². The molecule has 0 fully saturated rings. The largest absolute Gasteiger partial charge is 0.459 e. The van der Waals surface area contributed by atoms with Crippen molar-refractivity contribution in [2.45, 2.75) is 39.5 Å². The predicted octanol–water partition coefficient (Wildman–Crippen LogP) is 1.41. The fraction of sp³-hybridized carbons (Fsp3) is 0.400. The summed E-state index contributed by atoms with van der Waals surface area (Å²) in [7, 11) is 0. The van der Waals surface area contributed by atoms with E-state index in [2.05, 4.69) is 20.6 Å². The van der Waals surface area contributed by atoms with Crippen LogP contribution >= 0.6 is 11.6 Å². The summed E-state index contributed by atoms with van der Waals surface area (Å²) >= 11 is 5.65. The molecule has 3 rings (SSSR count). The molecule has 0 unspecified atom stereocenters. The minimum absolute atomic E-state index is 0.00530. The summed E-state index contributed by atoms with van der Waals surface area (Å²) in [5.41, 5.74) is 0.216. The first kappa shape index (κ1) is 22.4. The van der Waals surface area contributed by atoms with Crippen LogP contribution in [0, 0.1) is 5.92 Å². The van der Waals surface area contributed by atoms with E-state index in [-0.39, 0.29) is 36.3 Å². The Morgan fingerprint density at radius 3 is 2.65 bits per heavy atom. The molecule has 1 N–H and O–H groups in total. The van der Waals surface area contributed by atoms with Crippen molar-refractivity contribution in [3.8, 4) is 0 Å². The van der Waals surface area contributed by atoms with Gasteiger partial charge in [-0.05, 0) is 17.9 Å². The van der Waals surface area contributed by atoms with E-state index in [9.17, 15) is 14.4 Å². The van der Waals surface area contributed by atoms with Crippen molar-refractivity contribution in [1.82, 2.24) is 29.7 Å². The molecule has 1 atom stereocenters. The number of nitrogens with zero attached hydrogens (tertiary/aromatic N) is 5. The van der Waals surface area contributed by atoms with Crippen LogP contribution in [0.15, 0.2) is 41.5 Å². The zero-order chi connectivity index (χ0) is 22.4. The molecule has 0 saturated heterocycles. The second-order valence-corrected chi connectivity index (χ2v) is 7.70. The second kappa shape index (κ2) is 10.2. The minimum Gasteiger partial charge on any atom is -0.459 e. The number of amides is 1. The van der Waals surface area contributed by atoms with Crippen LogP contribution in [0.25, 0.3) is 5.65 Å². The number of fused-ring (bicyclic) bond motifs is 1. The summed E-state index contributed by atoms with van der Waals surface area (Å²) in [5.74, 6) is -0.890. The van der Waals surface area contributed by atoms with Gasteiger partial charge >= 0.3 is 11.7 Å². The van der Waals surface area contributed by atoms with Gasteiger partial charge < -0.3 is 10.1 Å². The highest BCUT2D eigenvalue weighted by Crippen LogP contribution is 2.11. The molecule has 31 heavy (non-hydrogen) atoms. The van der Waals surface area contributed by atoms with Gasteiger partial charge in [-0.1, -0.05) is 49.4 Å². The van der Waals surface area contributed by atoms with E-state index in [0.717, 1.165) is 14.6 Å². The van der Waals surface area contributed by atoms with Gasteiger partial charge in [0.25, 0.3) is 5.91 Å². The third-order valence-electron chi connectivity index (χ3n) is 4.45. The van der Waals surface area contributed by atoms with Crippen molar-refractivity contribution >= 4 is 29.1 Å². The average molecular weight is 447 g/mol. The molecule has 0 aliphatic carbocycles. The van der Waals surface area contributed by atoms with Crippen molar-refractivity contribution in [3.63, 3.8) is 0 Å². The van der Waals surface area contributed by atoms with Crippen LogP contribution in [0.2, 0.25) is 0 Å². The predicted molar refractivity (Wildman–Crippen MR) is 113 cm³/mol. The lowest BCUT2D eigenvalue weighted by atomic mass is 10.0. The Hall–Kier alpha value is -3.27. The van der Waals surface area contributed by atoms with Gasteiger partial charge in [-0.15, -0.1) is 16.7 Å². The molecule has 0 bridgehead atoms. The van der Waals surface area contributed by atoms with E-state index < -0.39 is 23.6 Å². The number of aryl methyl sites for hydroxylation is 1. The molecule has 164 valence electrons. The highest BCUT2D eigenvalue weighted by atomic mass is 35.5. The number of halogens is 1. The maximum Gasteiger partial charge on any atom is 0.353 e. The van der Waals surface area contributed by atoms with Gasteiger partial charge in [-0.25, -0.2) is 19.0 Å². The summed E-state index contributed by atoms with van der Waals surface area (Å²) in [6.45, 7) is 4.14. The molecular weight excluding hydrogens is 424 g/mol. The van der Waals surface area contributed by atoms with Crippen LogP contribution in [0.1, 0.15) is 36.3 Å². The SMILES string of the molecule is CC(C)C[C@H](NC(=O)c1ncn2c(=O)n(CCCl)nnc12)C(=O)OCc1ccccc1. The number of hydrogen-bond donors (Lipinski definition) is 1. The van der Waals surface area contributed by atoms with Crippen LogP contribution in [-0.2, 0) is 22.7 Å². The number of alkyl halides is 1. The maximum absolute atomic E-state index is 12.8. The first-order valence-corrected chi connectivity index (χ1v) is 10.3. The zero-order valence-electron chi connectivity index (χ0n) is 17.2. The van der Waals surface area contributed by atoms with Crippen molar-refractivity contribution in [3.05, 3.63) is 58.4 Å². The van der Waals surface area contributed by atoms with Crippen LogP contribution in [-0.4, -0.2) is 48.2 Å². The number of carbonyl (C=O) groups is 2. The van der Waals surface area contributed by atoms with E-state index >= 15 is 0 Å². The van der Waals surface area contributed by atoms with Gasteiger partial charge in [0.15, 0.2) is 11.3 Å². The molecular formula is C20H23ClN6O4. The number of nitrogens with one attached hydrogen (secondary N) is 1. The molecule has 0 spiro atoms. The summed E-state index contributed by atoms with van der Waals surface area (Å²) in [4.78, 5) is 41.8. The molecule has 2 heterocycles. The Morgan fingerprint density at radius 2 is 1.97 bits per heavy atom. The quantitative estimate of drug-likeness (QED) is 0.389. The lowest BCUT2D eigenvalue weighted by molar-refractivity contribution is -0.147. The molecule has 1 aromatic carbocycles. The number of esters is 1. The first-order valence-electron chi connectivity index (χ1n) is 9.79. The normalized spacial score (nSPS) is 12.1. The second-order valence-electron chi connectivity index (χ2n) is 7.32. The Morgan fingerprint density at radius 1 is 1.23 bits per heavy atom. The Labute approximate surface area is 183 Å². The van der Waals surface area contributed by atoms with Gasteiger partial charge in [0.2, 0.25) is 0 Å². The van der Waals surface area contributed by atoms with Crippen LogP contribution in [0.5, 0.6) is 0 Å². The number of rotatable bonds is 9. The summed E-state index contributed by atoms with van der Waals surface area (Å²) in [6, 6.07) is 8.38. The number of ether oxygens (including phenoxy) is 1. The third-order valence-corrected chi connectivity index (χ3v) is 4.62. The lowest BCUT2D eigenvalue weighted by Gasteiger charge is -2.19. The first-order chi connectivity index (χ1) is 14.9. The van der Waals surface area contributed by atoms with Gasteiger partial charge in [-0.3, -0.25) is 4.79 Å². The number of imidazole rings is 1. The fourth-order valence-corrected chi connectivity index (χ4v) is 3.12. The molecule has 10 nitrogen and oxygen atoms in total. The molecule has 0 radical (unpaired) electrons. The molecule has 0 saturated carbocycles. The zero-order valence-corrected chi connectivity index (χ0v) is 18.0. The topological polar surface area (TPSA) is 120 Å². The monoisotopic (exact) mass is 446 g/mol. The van der Waals surface area contributed by atoms with Crippen LogP contribution in [0.3, 0.4) is 0 Å². The third kappa shape index (κ3) is 5.46. The molecule has 0 aliphatic heterocycles. The number of carbonyl (C=O) groups excluding carboxylic acids is 2. The van der Waals surface area contributed by atoms with E-state index in [1.807, 2.05) is 44.2 Å². The molecule has 11 heteroatoms. The number of hydrogen-bond acceptors (Lipinski definition) is 7. The van der Waals surface area contributed by atoms with Crippen LogP contribution < -0.4 is 11.0 Å². The highest BCUT2D eigenvalue weighted by Gasteiger charge is 2.26. The highest BCUT2D eigenvalue weighted by molar-refractivity contribution is 6.17. The Kier molecular flexibility index (Phi) is 7.35. The molecule has 0 aliphatic rings. The van der Waals surface area contributed by atoms with Crippen molar-refractivity contribution in [1.29, 1.82) is 0 Å². The Balaban J connectivity index is 1.76. The average Bonchev–Trinajstić information content (AvgIpc) is 3.19. The van der Waals surface area contributed by atoms with E-state index in [0.29, 0.717) is 6.42 Å². The maximum atomic E-state index is 12.8. The molecule has 2 aromatic heterocycles. The smallest absolute Gasteiger partial charge is 0.353 e.